The summed E-state index contributed by atoms with van der Waals surface area (Å²) in [6.45, 7) is 1.95. The van der Waals surface area contributed by atoms with Gasteiger partial charge in [0.05, 0.1) is 11.7 Å². The first kappa shape index (κ1) is 16.3. The third-order valence-electron chi connectivity index (χ3n) is 4.56. The summed E-state index contributed by atoms with van der Waals surface area (Å²) in [5, 5.41) is 9.68. The van der Waals surface area contributed by atoms with Gasteiger partial charge in [0.25, 0.3) is 10.0 Å². The molecule has 0 amide bonds. The lowest BCUT2D eigenvalue weighted by atomic mass is 10.1. The summed E-state index contributed by atoms with van der Waals surface area (Å²) in [7, 11) is -4.28. The Morgan fingerprint density at radius 2 is 1.94 bits per heavy atom. The third-order valence-corrected chi connectivity index (χ3v) is 7.52. The number of sulfonamides is 1. The molecule has 0 bridgehead atoms. The van der Waals surface area contributed by atoms with Gasteiger partial charge in [-0.05, 0) is 42.8 Å². The summed E-state index contributed by atoms with van der Waals surface area (Å²) in [4.78, 5) is 15.0. The number of carboxylic acids is 1. The van der Waals surface area contributed by atoms with Crippen LogP contribution in [0.1, 0.15) is 28.4 Å². The van der Waals surface area contributed by atoms with Crippen molar-refractivity contribution in [3.63, 3.8) is 0 Å². The minimum Gasteiger partial charge on any atom is -0.480 e. The Morgan fingerprint density at radius 3 is 2.69 bits per heavy atom. The van der Waals surface area contributed by atoms with Gasteiger partial charge >= 0.3 is 5.97 Å². The van der Waals surface area contributed by atoms with Gasteiger partial charge in [-0.25, -0.2) is 8.42 Å². The second kappa shape index (κ2) is 9.01. The fourth-order valence-electron chi connectivity index (χ4n) is 2.92. The van der Waals surface area contributed by atoms with E-state index in [1.54, 1.807) is 0 Å². The van der Waals surface area contributed by atoms with Gasteiger partial charge in [-0.3, -0.25) is 4.79 Å². The van der Waals surface area contributed by atoms with Crippen LogP contribution < -0.4 is 4.72 Å². The van der Waals surface area contributed by atoms with Crippen molar-refractivity contribution < 1.29 is 25.2 Å². The maximum absolute atomic E-state index is 13.0. The number of para-hydroxylation sites is 1. The minimum absolute atomic E-state index is 0.0343. The van der Waals surface area contributed by atoms with Gasteiger partial charge in [0, 0.05) is 29.1 Å². The van der Waals surface area contributed by atoms with Gasteiger partial charge in [-0.15, -0.1) is 11.3 Å². The van der Waals surface area contributed by atoms with Crippen LogP contribution in [0.25, 0.3) is 10.9 Å². The molecule has 162 valence electrons. The number of benzene rings is 2. The number of aryl methyl sites for hydroxylation is 1. The van der Waals surface area contributed by atoms with E-state index in [-0.39, 0.29) is 26.8 Å². The Labute approximate surface area is 197 Å². The number of carboxylic acid groups (broad SMARTS) is 1. The van der Waals surface area contributed by atoms with Crippen molar-refractivity contribution >= 4 is 38.2 Å². The van der Waals surface area contributed by atoms with E-state index in [0.29, 0.717) is 4.88 Å². The molecule has 0 aliphatic carbocycles. The molecule has 2 aromatic carbocycles. The molecule has 0 spiro atoms. The molecule has 4 aromatic rings. The maximum Gasteiger partial charge on any atom is 0.322 e. The van der Waals surface area contributed by atoms with E-state index in [2.05, 4.69) is 21.5 Å². The van der Waals surface area contributed by atoms with Crippen LogP contribution in [-0.4, -0.2) is 30.5 Å². The van der Waals surface area contributed by atoms with Crippen LogP contribution in [0.3, 0.4) is 0 Å². The Bertz CT molecular complexity index is 1700. The predicted octanol–water partition coefficient (Wildman–Crippen LogP) is 3.91. The van der Waals surface area contributed by atoms with Gasteiger partial charge < -0.3 is 10.1 Å². The summed E-state index contributed by atoms with van der Waals surface area (Å²) in [6.07, 6.45) is -0.835. The number of thiophene rings is 1. The highest BCUT2D eigenvalue weighted by atomic mass is 32.2. The van der Waals surface area contributed by atoms with Crippen molar-refractivity contribution in [2.24, 2.45) is 0 Å². The molecule has 0 aliphatic rings. The zero-order valence-electron chi connectivity index (χ0n) is 21.7. The molecule has 4 rings (SSSR count). The quantitative estimate of drug-likeness (QED) is 0.373. The summed E-state index contributed by atoms with van der Waals surface area (Å²) >= 11 is 0.877. The molecule has 8 heteroatoms. The van der Waals surface area contributed by atoms with Crippen LogP contribution in [0, 0.1) is 18.8 Å². The Balaban J connectivity index is 1.62. The maximum atomic E-state index is 13.0. The van der Waals surface area contributed by atoms with Gasteiger partial charge in [-0.1, -0.05) is 47.7 Å². The molecule has 0 radical (unpaired) electrons. The molecule has 1 atom stereocenters. The average molecular weight is 470 g/mol. The van der Waals surface area contributed by atoms with Crippen LogP contribution in [-0.2, 0) is 21.2 Å². The largest absolute Gasteiger partial charge is 0.480 e. The van der Waals surface area contributed by atoms with Crippen molar-refractivity contribution in [3.05, 3.63) is 88.3 Å². The SMILES string of the molecule is [2H]c1[nH]c2c([2H])c([2H])c([2H])c([2H])c2c1C[C@@H](NS(=O)(=O)c1ccc(C#Cc2ccc(C)cc2)s1)C(=O)O. The number of fused-ring (bicyclic) bond motifs is 1. The average Bonchev–Trinajstić information content (AvgIpc) is 3.46. The van der Waals surface area contributed by atoms with Gasteiger partial charge in [0.15, 0.2) is 0 Å². The molecule has 0 aliphatic heterocycles. The fourth-order valence-corrected chi connectivity index (χ4v) is 5.28. The van der Waals surface area contributed by atoms with Gasteiger partial charge in [0.1, 0.15) is 10.3 Å². The number of aromatic amines is 1. The first-order valence-electron chi connectivity index (χ1n) is 11.9. The summed E-state index contributed by atoms with van der Waals surface area (Å²) < 4.78 is 68.0. The molecule has 0 saturated carbocycles. The highest BCUT2D eigenvalue weighted by Crippen LogP contribution is 2.23. The van der Waals surface area contributed by atoms with Crippen LogP contribution in [0.2, 0.25) is 0 Å². The van der Waals surface area contributed by atoms with Crippen LogP contribution >= 0.6 is 11.3 Å². The Hall–Kier alpha value is -3.38. The number of nitrogens with one attached hydrogen (secondary N) is 2. The van der Waals surface area contributed by atoms with E-state index in [1.807, 2.05) is 31.2 Å². The minimum atomic E-state index is -4.28. The number of rotatable bonds is 6. The molecule has 2 heterocycles. The number of aliphatic carboxylic acids is 1. The Morgan fingerprint density at radius 1 is 1.19 bits per heavy atom. The third kappa shape index (κ3) is 4.92. The van der Waals surface area contributed by atoms with Crippen molar-refractivity contribution in [3.8, 4) is 11.8 Å². The molecule has 32 heavy (non-hydrogen) atoms. The van der Waals surface area contributed by atoms with E-state index in [1.165, 1.54) is 12.1 Å². The zero-order valence-corrected chi connectivity index (χ0v) is 18.4. The molecular weight excluding hydrogens is 444 g/mol. The second-order valence-corrected chi connectivity index (χ2v) is 9.95. The van der Waals surface area contributed by atoms with E-state index >= 15 is 0 Å². The smallest absolute Gasteiger partial charge is 0.322 e. The second-order valence-electron chi connectivity index (χ2n) is 6.93. The number of carbonyl (C=O) groups is 1. The first-order chi connectivity index (χ1) is 17.4. The lowest BCUT2D eigenvalue weighted by Crippen LogP contribution is -2.41. The molecule has 0 saturated heterocycles. The van der Waals surface area contributed by atoms with E-state index in [4.69, 9.17) is 6.85 Å². The standard InChI is InChI=1S/C24H20N2O4S2/c1-16-6-8-17(9-7-16)10-11-19-12-13-23(31-19)32(29,30)26-22(24(27)28)14-18-15-25-21-5-3-2-4-20(18)21/h2-9,12-13,15,22,25-26H,14H2,1H3,(H,27,28)/t22-/m1/s1/i2D,3D,4D,5D,15D. The molecule has 0 fully saturated rings. The van der Waals surface area contributed by atoms with Gasteiger partial charge in [-0.2, -0.15) is 4.72 Å². The van der Waals surface area contributed by atoms with E-state index in [0.717, 1.165) is 22.5 Å². The molecular formula is C24H20N2O4S2. The van der Waals surface area contributed by atoms with Crippen LogP contribution in [0.5, 0.6) is 0 Å². The van der Waals surface area contributed by atoms with E-state index < -0.39 is 52.6 Å². The molecule has 0 unspecified atom stereocenters. The summed E-state index contributed by atoms with van der Waals surface area (Å²) in [5.74, 6) is 4.34. The fraction of sp³-hybridized carbons (Fsp3) is 0.125. The summed E-state index contributed by atoms with van der Waals surface area (Å²) in [5.41, 5.74) is 1.76. The van der Waals surface area contributed by atoms with Crippen molar-refractivity contribution in [2.75, 3.05) is 0 Å². The van der Waals surface area contributed by atoms with Crippen molar-refractivity contribution in [1.82, 2.24) is 9.71 Å². The topological polar surface area (TPSA) is 99.3 Å². The lowest BCUT2D eigenvalue weighted by molar-refractivity contribution is -0.138. The van der Waals surface area contributed by atoms with Crippen LogP contribution in [0.15, 0.2) is 70.9 Å². The molecule has 6 nitrogen and oxygen atoms in total. The number of hydrogen-bond donors (Lipinski definition) is 3. The number of H-pyrrole nitrogens is 1. The predicted molar refractivity (Wildman–Crippen MR) is 125 cm³/mol. The van der Waals surface area contributed by atoms with E-state index in [9.17, 15) is 18.3 Å². The highest BCUT2D eigenvalue weighted by molar-refractivity contribution is 7.91. The van der Waals surface area contributed by atoms with Crippen LogP contribution in [0.4, 0.5) is 0 Å². The number of aromatic nitrogens is 1. The normalized spacial score (nSPS) is 14.5. The van der Waals surface area contributed by atoms with Gasteiger partial charge in [0.2, 0.25) is 0 Å². The van der Waals surface area contributed by atoms with Crippen molar-refractivity contribution in [2.45, 2.75) is 23.6 Å². The highest BCUT2D eigenvalue weighted by Gasteiger charge is 2.27. The monoisotopic (exact) mass is 469 g/mol. The zero-order chi connectivity index (χ0) is 27.1. The molecule has 3 N–H and O–H groups in total. The first-order valence-corrected chi connectivity index (χ1v) is 11.7. The molecule has 2 aromatic heterocycles. The van der Waals surface area contributed by atoms with Crippen molar-refractivity contribution in [1.29, 1.82) is 0 Å². The lowest BCUT2D eigenvalue weighted by Gasteiger charge is -2.13. The number of hydrogen-bond acceptors (Lipinski definition) is 4. The Kier molecular flexibility index (Phi) is 4.58. The summed E-state index contributed by atoms with van der Waals surface area (Å²) in [6, 6.07) is 6.77.